The van der Waals surface area contributed by atoms with Gasteiger partial charge in [-0.3, -0.25) is 4.79 Å². The van der Waals surface area contributed by atoms with Crippen molar-refractivity contribution in [2.24, 2.45) is 5.92 Å². The van der Waals surface area contributed by atoms with E-state index in [0.29, 0.717) is 16.7 Å². The Morgan fingerprint density at radius 3 is 3.00 bits per heavy atom. The van der Waals surface area contributed by atoms with Crippen molar-refractivity contribution < 1.29 is 9.90 Å². The molecule has 0 aliphatic heterocycles. The molecule has 98 valence electrons. The molecule has 0 aromatic carbocycles. The van der Waals surface area contributed by atoms with Crippen LogP contribution in [0.3, 0.4) is 0 Å². The van der Waals surface area contributed by atoms with Crippen molar-refractivity contribution in [1.29, 1.82) is 0 Å². The third-order valence-corrected chi connectivity index (χ3v) is 4.03. The Hall–Kier alpha value is -0.940. The number of aromatic nitrogens is 1. The van der Waals surface area contributed by atoms with E-state index < -0.39 is 0 Å². The van der Waals surface area contributed by atoms with Gasteiger partial charge in [0.2, 0.25) is 0 Å². The van der Waals surface area contributed by atoms with Crippen LogP contribution in [0.1, 0.15) is 36.0 Å². The average molecular weight is 313 g/mol. The minimum Gasteiger partial charge on any atom is -0.393 e. The highest BCUT2D eigenvalue weighted by molar-refractivity contribution is 9.10. The van der Waals surface area contributed by atoms with E-state index in [2.05, 4.69) is 26.2 Å². The molecule has 2 N–H and O–H groups in total. The minimum atomic E-state index is -0.281. The van der Waals surface area contributed by atoms with Crippen molar-refractivity contribution in [3.8, 4) is 0 Å². The van der Waals surface area contributed by atoms with Crippen LogP contribution in [0.5, 0.6) is 0 Å². The molecule has 18 heavy (non-hydrogen) atoms. The van der Waals surface area contributed by atoms with Gasteiger partial charge in [0, 0.05) is 18.7 Å². The number of hydrogen-bond acceptors (Lipinski definition) is 3. The largest absolute Gasteiger partial charge is 0.393 e. The second-order valence-electron chi connectivity index (χ2n) is 4.66. The first-order valence-electron chi connectivity index (χ1n) is 6.25. The van der Waals surface area contributed by atoms with Gasteiger partial charge < -0.3 is 10.4 Å². The number of amides is 1. The minimum absolute atomic E-state index is 0.146. The molecule has 0 radical (unpaired) electrons. The second-order valence-corrected chi connectivity index (χ2v) is 5.41. The first-order chi connectivity index (χ1) is 8.68. The Kier molecular flexibility index (Phi) is 4.72. The van der Waals surface area contributed by atoms with Crippen LogP contribution >= 0.6 is 15.9 Å². The molecular formula is C13H17BrN2O2. The summed E-state index contributed by atoms with van der Waals surface area (Å²) < 4.78 is 0.548. The number of pyridine rings is 1. The predicted molar refractivity (Wildman–Crippen MR) is 72.2 cm³/mol. The monoisotopic (exact) mass is 312 g/mol. The van der Waals surface area contributed by atoms with Crippen LogP contribution in [0.4, 0.5) is 0 Å². The molecule has 1 fully saturated rings. The maximum absolute atomic E-state index is 12.0. The van der Waals surface area contributed by atoms with E-state index in [-0.39, 0.29) is 17.9 Å². The number of nitrogens with one attached hydrogen (secondary N) is 1. The maximum atomic E-state index is 12.0. The molecule has 1 aromatic heterocycles. The number of nitrogens with zero attached hydrogens (tertiary/aromatic N) is 1. The van der Waals surface area contributed by atoms with E-state index >= 15 is 0 Å². The van der Waals surface area contributed by atoms with Gasteiger partial charge in [-0.05, 0) is 40.9 Å². The summed E-state index contributed by atoms with van der Waals surface area (Å²) >= 11 is 3.25. The lowest BCUT2D eigenvalue weighted by Gasteiger charge is -2.27. The fourth-order valence-electron chi connectivity index (χ4n) is 2.30. The SMILES string of the molecule is O=C(NCC1CCCCC1O)c1cccnc1Br. The lowest BCUT2D eigenvalue weighted by Crippen LogP contribution is -2.36. The molecule has 0 saturated heterocycles. The van der Waals surface area contributed by atoms with Gasteiger partial charge >= 0.3 is 0 Å². The number of halogens is 1. The van der Waals surface area contributed by atoms with Crippen LogP contribution in [0, 0.1) is 5.92 Å². The molecule has 5 heteroatoms. The van der Waals surface area contributed by atoms with Crippen molar-refractivity contribution in [3.63, 3.8) is 0 Å². The van der Waals surface area contributed by atoms with Gasteiger partial charge in [-0.2, -0.15) is 0 Å². The Labute approximate surface area is 115 Å². The third-order valence-electron chi connectivity index (χ3n) is 3.40. The van der Waals surface area contributed by atoms with Crippen molar-refractivity contribution in [1.82, 2.24) is 10.3 Å². The van der Waals surface area contributed by atoms with Crippen LogP contribution in [0.25, 0.3) is 0 Å². The van der Waals surface area contributed by atoms with Crippen LogP contribution in [0.2, 0.25) is 0 Å². The quantitative estimate of drug-likeness (QED) is 0.840. The number of carbonyl (C=O) groups excluding carboxylic acids is 1. The summed E-state index contributed by atoms with van der Waals surface area (Å²) in [5.41, 5.74) is 0.530. The molecule has 0 bridgehead atoms. The maximum Gasteiger partial charge on any atom is 0.254 e. The van der Waals surface area contributed by atoms with Gasteiger partial charge in [0.05, 0.1) is 11.7 Å². The Morgan fingerprint density at radius 2 is 2.28 bits per heavy atom. The first-order valence-corrected chi connectivity index (χ1v) is 7.04. The highest BCUT2D eigenvalue weighted by Gasteiger charge is 2.23. The van der Waals surface area contributed by atoms with E-state index in [9.17, 15) is 9.90 Å². The molecule has 2 rings (SSSR count). The van der Waals surface area contributed by atoms with Gasteiger partial charge in [0.25, 0.3) is 5.91 Å². The average Bonchev–Trinajstić information content (AvgIpc) is 2.38. The summed E-state index contributed by atoms with van der Waals surface area (Å²) in [6.07, 6.45) is 5.39. The first kappa shape index (κ1) is 13.5. The second kappa shape index (κ2) is 6.29. The van der Waals surface area contributed by atoms with E-state index in [0.717, 1.165) is 25.7 Å². The molecule has 1 aliphatic carbocycles. The highest BCUT2D eigenvalue weighted by Crippen LogP contribution is 2.23. The van der Waals surface area contributed by atoms with E-state index in [1.165, 1.54) is 0 Å². The van der Waals surface area contributed by atoms with Gasteiger partial charge in [-0.1, -0.05) is 12.8 Å². The van der Waals surface area contributed by atoms with E-state index in [1.54, 1.807) is 18.3 Å². The molecule has 1 amide bonds. The van der Waals surface area contributed by atoms with Gasteiger partial charge in [-0.15, -0.1) is 0 Å². The summed E-state index contributed by atoms with van der Waals surface area (Å²) in [6, 6.07) is 3.46. The van der Waals surface area contributed by atoms with Crippen LogP contribution in [0.15, 0.2) is 22.9 Å². The van der Waals surface area contributed by atoms with Crippen molar-refractivity contribution >= 4 is 21.8 Å². The molecule has 1 heterocycles. The van der Waals surface area contributed by atoms with Gasteiger partial charge in [-0.25, -0.2) is 4.98 Å². The van der Waals surface area contributed by atoms with Crippen LogP contribution < -0.4 is 5.32 Å². The summed E-state index contributed by atoms with van der Waals surface area (Å²) in [7, 11) is 0. The summed E-state index contributed by atoms with van der Waals surface area (Å²) in [5, 5.41) is 12.7. The number of carbonyl (C=O) groups is 1. The van der Waals surface area contributed by atoms with E-state index in [4.69, 9.17) is 0 Å². The highest BCUT2D eigenvalue weighted by atomic mass is 79.9. The molecule has 2 atom stereocenters. The number of aliphatic hydroxyl groups is 1. The lowest BCUT2D eigenvalue weighted by molar-refractivity contribution is 0.0662. The molecular weight excluding hydrogens is 296 g/mol. The van der Waals surface area contributed by atoms with Crippen molar-refractivity contribution in [2.45, 2.75) is 31.8 Å². The molecule has 2 unspecified atom stereocenters. The lowest BCUT2D eigenvalue weighted by atomic mass is 9.86. The third kappa shape index (κ3) is 3.29. The zero-order valence-electron chi connectivity index (χ0n) is 10.1. The number of hydrogen-bond donors (Lipinski definition) is 2. The molecule has 1 saturated carbocycles. The smallest absolute Gasteiger partial charge is 0.254 e. The van der Waals surface area contributed by atoms with Crippen molar-refractivity contribution in [2.75, 3.05) is 6.54 Å². The zero-order chi connectivity index (χ0) is 13.0. The fraction of sp³-hybridized carbons (Fsp3) is 0.538. The summed E-state index contributed by atoms with van der Waals surface area (Å²) in [4.78, 5) is 16.0. The number of rotatable bonds is 3. The van der Waals surface area contributed by atoms with Gasteiger partial charge in [0.15, 0.2) is 0 Å². The number of aliphatic hydroxyl groups excluding tert-OH is 1. The predicted octanol–water partition coefficient (Wildman–Crippen LogP) is 2.12. The molecule has 4 nitrogen and oxygen atoms in total. The van der Waals surface area contributed by atoms with E-state index in [1.807, 2.05) is 0 Å². The zero-order valence-corrected chi connectivity index (χ0v) is 11.7. The van der Waals surface area contributed by atoms with Crippen LogP contribution in [-0.4, -0.2) is 28.6 Å². The fourth-order valence-corrected chi connectivity index (χ4v) is 2.73. The Morgan fingerprint density at radius 1 is 1.50 bits per heavy atom. The van der Waals surface area contributed by atoms with Crippen molar-refractivity contribution in [3.05, 3.63) is 28.5 Å². The normalized spacial score (nSPS) is 23.7. The standard InChI is InChI=1S/C13H17BrN2O2/c14-12-10(5-3-7-15-12)13(18)16-8-9-4-1-2-6-11(9)17/h3,5,7,9,11,17H,1-2,4,6,8H2,(H,16,18). The molecule has 0 spiro atoms. The van der Waals surface area contributed by atoms with Crippen LogP contribution in [-0.2, 0) is 0 Å². The topological polar surface area (TPSA) is 62.2 Å². The Bertz CT molecular complexity index is 425. The molecule has 1 aliphatic rings. The molecule has 1 aromatic rings. The Balaban J connectivity index is 1.90. The summed E-state index contributed by atoms with van der Waals surface area (Å²) in [6.45, 7) is 0.529. The van der Waals surface area contributed by atoms with Gasteiger partial charge in [0.1, 0.15) is 4.60 Å². The summed E-state index contributed by atoms with van der Waals surface area (Å²) in [5.74, 6) is 0.0332.